The molecule has 0 fully saturated rings. The highest BCUT2D eigenvalue weighted by atomic mass is 32.2. The Morgan fingerprint density at radius 1 is 1.03 bits per heavy atom. The molecule has 2 heterocycles. The minimum Gasteiger partial charge on any atom is -0.454 e. The van der Waals surface area contributed by atoms with E-state index in [1.165, 1.54) is 24.4 Å². The Hall–Kier alpha value is -4.31. The highest BCUT2D eigenvalue weighted by Crippen LogP contribution is 2.32. The molecule has 3 aromatic carbocycles. The number of carbonyl (C=O) groups is 1. The number of sulfonamides is 1. The zero-order valence-corrected chi connectivity index (χ0v) is 20.1. The van der Waals surface area contributed by atoms with E-state index in [9.17, 15) is 18.0 Å². The average molecular weight is 506 g/mol. The van der Waals surface area contributed by atoms with Crippen molar-refractivity contribution in [2.75, 3.05) is 11.5 Å². The number of aryl methyl sites for hydroxylation is 1. The van der Waals surface area contributed by atoms with Gasteiger partial charge in [0.2, 0.25) is 12.2 Å². The number of rotatable bonds is 7. The average Bonchev–Trinajstić information content (AvgIpc) is 3.35. The van der Waals surface area contributed by atoms with Gasteiger partial charge in [-0.3, -0.25) is 14.3 Å². The van der Waals surface area contributed by atoms with Crippen molar-refractivity contribution in [2.45, 2.75) is 24.8 Å². The summed E-state index contributed by atoms with van der Waals surface area (Å²) in [6, 6.07) is 16.6. The zero-order valence-electron chi connectivity index (χ0n) is 19.3. The van der Waals surface area contributed by atoms with E-state index in [1.54, 1.807) is 30.3 Å². The lowest BCUT2D eigenvalue weighted by Crippen LogP contribution is -2.28. The molecule has 1 amide bonds. The van der Waals surface area contributed by atoms with E-state index in [4.69, 9.17) is 9.47 Å². The highest BCUT2D eigenvalue weighted by Gasteiger charge is 2.19. The lowest BCUT2D eigenvalue weighted by Gasteiger charge is -2.12. The molecule has 0 spiro atoms. The van der Waals surface area contributed by atoms with Gasteiger partial charge < -0.3 is 19.8 Å². The van der Waals surface area contributed by atoms with Gasteiger partial charge in [-0.05, 0) is 53.9 Å². The van der Waals surface area contributed by atoms with Crippen LogP contribution in [0.1, 0.15) is 28.4 Å². The molecule has 5 rings (SSSR count). The molecule has 0 unspecified atom stereocenters. The van der Waals surface area contributed by atoms with Gasteiger partial charge >= 0.3 is 0 Å². The second-order valence-electron chi connectivity index (χ2n) is 8.23. The third kappa shape index (κ3) is 4.50. The lowest BCUT2D eigenvalue weighted by atomic mass is 10.1. The van der Waals surface area contributed by atoms with Crippen molar-refractivity contribution in [2.24, 2.45) is 0 Å². The molecule has 4 aromatic rings. The Kier molecular flexibility index (Phi) is 6.11. The molecule has 9 nitrogen and oxygen atoms in total. The standard InChI is InChI=1S/C26H23N3O6S/c1-2-17-5-3-4-6-21(17)29-36(32,33)18-8-9-22-19(12-18)25(30)20(14-27-22)26(31)28-13-16-7-10-23-24(11-16)35-15-34-23/h3-12,14,29H,2,13,15H2,1H3,(H,27,30)(H,28,31). The van der Waals surface area contributed by atoms with E-state index in [1.807, 2.05) is 19.1 Å². The topological polar surface area (TPSA) is 127 Å². The third-order valence-electron chi connectivity index (χ3n) is 5.94. The minimum atomic E-state index is -3.96. The van der Waals surface area contributed by atoms with E-state index in [0.29, 0.717) is 29.1 Å². The van der Waals surface area contributed by atoms with Crippen LogP contribution in [-0.2, 0) is 23.0 Å². The third-order valence-corrected chi connectivity index (χ3v) is 7.30. The number of para-hydroxylation sites is 1. The molecule has 1 aliphatic rings. The van der Waals surface area contributed by atoms with Gasteiger partial charge in [-0.2, -0.15) is 0 Å². The fourth-order valence-electron chi connectivity index (χ4n) is 3.99. The van der Waals surface area contributed by atoms with Crippen molar-refractivity contribution in [3.8, 4) is 11.5 Å². The quantitative estimate of drug-likeness (QED) is 0.353. The van der Waals surface area contributed by atoms with Crippen molar-refractivity contribution >= 4 is 32.5 Å². The van der Waals surface area contributed by atoms with E-state index in [2.05, 4.69) is 15.0 Å². The Bertz CT molecular complexity index is 1650. The molecule has 0 saturated carbocycles. The summed E-state index contributed by atoms with van der Waals surface area (Å²) in [5, 5.41) is 2.81. The molecule has 0 bridgehead atoms. The van der Waals surface area contributed by atoms with Crippen LogP contribution in [0.15, 0.2) is 76.6 Å². The van der Waals surface area contributed by atoms with Crippen molar-refractivity contribution in [1.82, 2.24) is 10.3 Å². The number of benzene rings is 3. The van der Waals surface area contributed by atoms with E-state index >= 15 is 0 Å². The van der Waals surface area contributed by atoms with Crippen LogP contribution < -0.4 is 24.9 Å². The summed E-state index contributed by atoms with van der Waals surface area (Å²) >= 11 is 0. The first-order valence-corrected chi connectivity index (χ1v) is 12.8. The maximum Gasteiger partial charge on any atom is 0.261 e. The summed E-state index contributed by atoms with van der Waals surface area (Å²) in [5.74, 6) is 0.641. The Labute approximate surface area is 207 Å². The Morgan fingerprint density at radius 2 is 1.83 bits per heavy atom. The van der Waals surface area contributed by atoms with Crippen LogP contribution in [0.3, 0.4) is 0 Å². The number of nitrogens with one attached hydrogen (secondary N) is 3. The number of ether oxygens (including phenoxy) is 2. The van der Waals surface area contributed by atoms with Crippen LogP contribution in [0.4, 0.5) is 5.69 Å². The molecule has 0 saturated heterocycles. The van der Waals surface area contributed by atoms with Crippen molar-refractivity contribution < 1.29 is 22.7 Å². The fraction of sp³-hybridized carbons (Fsp3) is 0.154. The maximum absolute atomic E-state index is 13.1. The number of carbonyl (C=O) groups excluding carboxylic acids is 1. The molecule has 36 heavy (non-hydrogen) atoms. The number of hydrogen-bond donors (Lipinski definition) is 3. The smallest absolute Gasteiger partial charge is 0.261 e. The zero-order chi connectivity index (χ0) is 25.3. The molecule has 0 aliphatic carbocycles. The van der Waals surface area contributed by atoms with Gasteiger partial charge in [0.1, 0.15) is 5.56 Å². The van der Waals surface area contributed by atoms with Crippen molar-refractivity contribution in [3.63, 3.8) is 0 Å². The summed E-state index contributed by atoms with van der Waals surface area (Å²) in [4.78, 5) is 28.8. The van der Waals surface area contributed by atoms with Gasteiger partial charge in [0, 0.05) is 23.6 Å². The summed E-state index contributed by atoms with van der Waals surface area (Å²) < 4.78 is 39.3. The number of anilines is 1. The summed E-state index contributed by atoms with van der Waals surface area (Å²) in [7, 11) is -3.96. The van der Waals surface area contributed by atoms with Gasteiger partial charge in [0.25, 0.3) is 15.9 Å². The normalized spacial score (nSPS) is 12.5. The number of H-pyrrole nitrogens is 1. The maximum atomic E-state index is 13.1. The Balaban J connectivity index is 1.40. The second-order valence-corrected chi connectivity index (χ2v) is 9.91. The number of aromatic amines is 1. The molecule has 3 N–H and O–H groups in total. The van der Waals surface area contributed by atoms with Gasteiger partial charge in [-0.1, -0.05) is 31.2 Å². The number of pyridine rings is 1. The van der Waals surface area contributed by atoms with Crippen molar-refractivity contribution in [1.29, 1.82) is 0 Å². The summed E-state index contributed by atoms with van der Waals surface area (Å²) in [6.07, 6.45) is 1.98. The van der Waals surface area contributed by atoms with Gasteiger partial charge in [0.15, 0.2) is 11.5 Å². The van der Waals surface area contributed by atoms with E-state index < -0.39 is 21.4 Å². The fourth-order valence-corrected chi connectivity index (χ4v) is 5.12. The second kappa shape index (κ2) is 9.38. The Morgan fingerprint density at radius 3 is 2.67 bits per heavy atom. The van der Waals surface area contributed by atoms with Crippen LogP contribution in [0, 0.1) is 0 Å². The predicted molar refractivity (Wildman–Crippen MR) is 135 cm³/mol. The molecule has 184 valence electrons. The molecule has 0 radical (unpaired) electrons. The molecular formula is C26H23N3O6S. The molecule has 10 heteroatoms. The van der Waals surface area contributed by atoms with E-state index in [0.717, 1.165) is 11.1 Å². The van der Waals surface area contributed by atoms with E-state index in [-0.39, 0.29) is 29.2 Å². The monoisotopic (exact) mass is 505 g/mol. The van der Waals surface area contributed by atoms with Crippen LogP contribution in [0.2, 0.25) is 0 Å². The molecule has 1 aliphatic heterocycles. The van der Waals surface area contributed by atoms with Gasteiger partial charge in [0.05, 0.1) is 10.6 Å². The number of aromatic nitrogens is 1. The first-order chi connectivity index (χ1) is 17.4. The highest BCUT2D eigenvalue weighted by molar-refractivity contribution is 7.92. The molecule has 1 aromatic heterocycles. The summed E-state index contributed by atoms with van der Waals surface area (Å²) in [5.41, 5.74) is 1.82. The number of amides is 1. The van der Waals surface area contributed by atoms with Gasteiger partial charge in [-0.25, -0.2) is 8.42 Å². The molecule has 0 atom stereocenters. The van der Waals surface area contributed by atoms with Crippen LogP contribution in [0.25, 0.3) is 10.9 Å². The summed E-state index contributed by atoms with van der Waals surface area (Å²) in [6.45, 7) is 2.25. The minimum absolute atomic E-state index is 0.0793. The van der Waals surface area contributed by atoms with Crippen LogP contribution in [-0.4, -0.2) is 26.1 Å². The van der Waals surface area contributed by atoms with Gasteiger partial charge in [-0.15, -0.1) is 0 Å². The van der Waals surface area contributed by atoms with Crippen molar-refractivity contribution in [3.05, 3.63) is 93.8 Å². The predicted octanol–water partition coefficient (Wildman–Crippen LogP) is 3.55. The lowest BCUT2D eigenvalue weighted by molar-refractivity contribution is 0.0949. The number of hydrogen-bond acceptors (Lipinski definition) is 6. The SMILES string of the molecule is CCc1ccccc1NS(=O)(=O)c1ccc2[nH]cc(C(=O)NCc3ccc4c(c3)OCO4)c(=O)c2c1. The molecular weight excluding hydrogens is 482 g/mol. The first-order valence-electron chi connectivity index (χ1n) is 11.3. The number of fused-ring (bicyclic) bond motifs is 2. The largest absolute Gasteiger partial charge is 0.454 e. The first kappa shape index (κ1) is 23.4. The van der Waals surface area contributed by atoms with Crippen LogP contribution >= 0.6 is 0 Å². The van der Waals surface area contributed by atoms with Crippen LogP contribution in [0.5, 0.6) is 11.5 Å².